The quantitative estimate of drug-likeness (QED) is 0.824. The average Bonchev–Trinajstić information content (AvgIpc) is 2.48. The van der Waals surface area contributed by atoms with Gasteiger partial charge in [-0.05, 0) is 20.8 Å². The summed E-state index contributed by atoms with van der Waals surface area (Å²) in [6.07, 6.45) is 1.72. The molecule has 0 aliphatic heterocycles. The van der Waals surface area contributed by atoms with E-state index in [9.17, 15) is 4.21 Å². The summed E-state index contributed by atoms with van der Waals surface area (Å²) in [7, 11) is -0.771. The number of nitrogens with zero attached hydrogens (tertiary/aromatic N) is 1. The summed E-state index contributed by atoms with van der Waals surface area (Å²) < 4.78 is 16.2. The second-order valence-corrected chi connectivity index (χ2v) is 5.54. The SMILES string of the molecule is Cc1noc(C)c1CNCC(C)S(C)=O. The van der Waals surface area contributed by atoms with Gasteiger partial charge in [-0.25, -0.2) is 0 Å². The lowest BCUT2D eigenvalue weighted by molar-refractivity contribution is 0.392. The Labute approximate surface area is 92.9 Å². The average molecular weight is 230 g/mol. The molecule has 0 fully saturated rings. The van der Waals surface area contributed by atoms with E-state index in [1.54, 1.807) is 6.26 Å². The van der Waals surface area contributed by atoms with Crippen LogP contribution in [0, 0.1) is 13.8 Å². The molecule has 86 valence electrons. The number of aryl methyl sites for hydroxylation is 2. The summed E-state index contributed by atoms with van der Waals surface area (Å²) >= 11 is 0. The minimum absolute atomic E-state index is 0.172. The minimum Gasteiger partial charge on any atom is -0.361 e. The molecule has 0 aromatic carbocycles. The van der Waals surface area contributed by atoms with E-state index in [-0.39, 0.29) is 5.25 Å². The first kappa shape index (κ1) is 12.4. The molecule has 0 aliphatic carbocycles. The largest absolute Gasteiger partial charge is 0.361 e. The molecule has 5 heteroatoms. The molecule has 1 N–H and O–H groups in total. The molecule has 0 bridgehead atoms. The minimum atomic E-state index is -0.771. The van der Waals surface area contributed by atoms with Crippen molar-refractivity contribution in [2.75, 3.05) is 12.8 Å². The van der Waals surface area contributed by atoms with E-state index in [1.165, 1.54) is 0 Å². The van der Waals surface area contributed by atoms with Crippen LogP contribution in [0.15, 0.2) is 4.52 Å². The number of hydrogen-bond acceptors (Lipinski definition) is 4. The normalized spacial score (nSPS) is 15.2. The molecule has 0 radical (unpaired) electrons. The summed E-state index contributed by atoms with van der Waals surface area (Å²) in [4.78, 5) is 0. The third-order valence-electron chi connectivity index (χ3n) is 2.48. The van der Waals surface area contributed by atoms with E-state index < -0.39 is 10.8 Å². The predicted octanol–water partition coefficient (Wildman–Crippen LogP) is 1.15. The van der Waals surface area contributed by atoms with Crippen molar-refractivity contribution >= 4 is 10.8 Å². The van der Waals surface area contributed by atoms with Crippen LogP contribution in [0.4, 0.5) is 0 Å². The summed E-state index contributed by atoms with van der Waals surface area (Å²) in [6, 6.07) is 0. The fourth-order valence-corrected chi connectivity index (χ4v) is 1.62. The van der Waals surface area contributed by atoms with Crippen LogP contribution < -0.4 is 5.32 Å². The molecule has 4 nitrogen and oxygen atoms in total. The van der Waals surface area contributed by atoms with Crippen LogP contribution >= 0.6 is 0 Å². The Morgan fingerprint density at radius 1 is 1.53 bits per heavy atom. The second-order valence-electron chi connectivity index (χ2n) is 3.74. The van der Waals surface area contributed by atoms with Crippen LogP contribution in [0.3, 0.4) is 0 Å². The van der Waals surface area contributed by atoms with Crippen molar-refractivity contribution in [3.63, 3.8) is 0 Å². The Balaban J connectivity index is 2.41. The van der Waals surface area contributed by atoms with Gasteiger partial charge in [-0.3, -0.25) is 4.21 Å². The van der Waals surface area contributed by atoms with Crippen LogP contribution in [-0.4, -0.2) is 27.4 Å². The zero-order chi connectivity index (χ0) is 11.4. The molecule has 1 aromatic heterocycles. The molecule has 0 saturated heterocycles. The first-order valence-electron chi connectivity index (χ1n) is 4.97. The van der Waals surface area contributed by atoms with Crippen LogP contribution in [-0.2, 0) is 17.3 Å². The Morgan fingerprint density at radius 2 is 2.20 bits per heavy atom. The van der Waals surface area contributed by atoms with E-state index in [0.29, 0.717) is 0 Å². The third kappa shape index (κ3) is 3.43. The Bertz CT molecular complexity index is 330. The zero-order valence-corrected chi connectivity index (χ0v) is 10.5. The van der Waals surface area contributed by atoms with Gasteiger partial charge in [0.1, 0.15) is 5.76 Å². The lowest BCUT2D eigenvalue weighted by Crippen LogP contribution is -2.27. The van der Waals surface area contributed by atoms with Crippen molar-refractivity contribution in [3.05, 3.63) is 17.0 Å². The molecule has 1 heterocycles. The number of rotatable bonds is 5. The molecular weight excluding hydrogens is 212 g/mol. The van der Waals surface area contributed by atoms with Crippen LogP contribution in [0.5, 0.6) is 0 Å². The summed E-state index contributed by atoms with van der Waals surface area (Å²) in [5, 5.41) is 7.30. The molecule has 0 aliphatic rings. The van der Waals surface area contributed by atoms with Crippen LogP contribution in [0.1, 0.15) is 23.9 Å². The topological polar surface area (TPSA) is 55.1 Å². The lowest BCUT2D eigenvalue weighted by atomic mass is 10.2. The number of aromatic nitrogens is 1. The molecule has 2 unspecified atom stereocenters. The van der Waals surface area contributed by atoms with Gasteiger partial charge in [-0.1, -0.05) is 5.16 Å². The molecule has 1 aromatic rings. The smallest absolute Gasteiger partial charge is 0.138 e. The van der Waals surface area contributed by atoms with Crippen molar-refractivity contribution in [1.29, 1.82) is 0 Å². The van der Waals surface area contributed by atoms with Gasteiger partial charge in [-0.2, -0.15) is 0 Å². The zero-order valence-electron chi connectivity index (χ0n) is 9.66. The van der Waals surface area contributed by atoms with E-state index in [2.05, 4.69) is 10.5 Å². The third-order valence-corrected chi connectivity index (χ3v) is 3.78. The highest BCUT2D eigenvalue weighted by Gasteiger charge is 2.10. The van der Waals surface area contributed by atoms with Gasteiger partial charge in [0, 0.05) is 41.0 Å². The van der Waals surface area contributed by atoms with Gasteiger partial charge in [-0.15, -0.1) is 0 Å². The fraction of sp³-hybridized carbons (Fsp3) is 0.700. The lowest BCUT2D eigenvalue weighted by Gasteiger charge is -2.09. The maximum atomic E-state index is 11.1. The monoisotopic (exact) mass is 230 g/mol. The van der Waals surface area contributed by atoms with Gasteiger partial charge < -0.3 is 9.84 Å². The second kappa shape index (κ2) is 5.42. The molecule has 2 atom stereocenters. The van der Waals surface area contributed by atoms with Crippen molar-refractivity contribution in [2.24, 2.45) is 0 Å². The van der Waals surface area contributed by atoms with Gasteiger partial charge in [0.2, 0.25) is 0 Å². The Morgan fingerprint density at radius 3 is 2.67 bits per heavy atom. The van der Waals surface area contributed by atoms with Gasteiger partial charge in [0.25, 0.3) is 0 Å². The van der Waals surface area contributed by atoms with Crippen molar-refractivity contribution in [3.8, 4) is 0 Å². The highest BCUT2D eigenvalue weighted by Crippen LogP contribution is 2.11. The molecule has 0 spiro atoms. The van der Waals surface area contributed by atoms with E-state index >= 15 is 0 Å². The van der Waals surface area contributed by atoms with Crippen molar-refractivity contribution < 1.29 is 8.73 Å². The van der Waals surface area contributed by atoms with Crippen molar-refractivity contribution in [1.82, 2.24) is 10.5 Å². The highest BCUT2D eigenvalue weighted by atomic mass is 32.2. The van der Waals surface area contributed by atoms with Crippen molar-refractivity contribution in [2.45, 2.75) is 32.6 Å². The van der Waals surface area contributed by atoms with Gasteiger partial charge >= 0.3 is 0 Å². The molecule has 1 rings (SSSR count). The highest BCUT2D eigenvalue weighted by molar-refractivity contribution is 7.84. The standard InChI is InChI=1S/C10H18N2O2S/c1-7(15(4)13)5-11-6-10-8(2)12-14-9(10)3/h7,11H,5-6H2,1-4H3. The summed E-state index contributed by atoms with van der Waals surface area (Å²) in [6.45, 7) is 7.26. The first-order chi connectivity index (χ1) is 7.02. The number of nitrogens with one attached hydrogen (secondary N) is 1. The van der Waals surface area contributed by atoms with E-state index in [4.69, 9.17) is 4.52 Å². The predicted molar refractivity (Wildman–Crippen MR) is 61.2 cm³/mol. The summed E-state index contributed by atoms with van der Waals surface area (Å²) in [5.41, 5.74) is 2.02. The molecular formula is C10H18N2O2S. The maximum Gasteiger partial charge on any atom is 0.138 e. The van der Waals surface area contributed by atoms with Crippen LogP contribution in [0.25, 0.3) is 0 Å². The van der Waals surface area contributed by atoms with Crippen LogP contribution in [0.2, 0.25) is 0 Å². The fourth-order valence-electron chi connectivity index (χ4n) is 1.27. The molecule has 0 saturated carbocycles. The van der Waals surface area contributed by atoms with Gasteiger partial charge in [0.15, 0.2) is 0 Å². The molecule has 15 heavy (non-hydrogen) atoms. The van der Waals surface area contributed by atoms with E-state index in [1.807, 2.05) is 20.8 Å². The number of hydrogen-bond donors (Lipinski definition) is 1. The Kier molecular flexibility index (Phi) is 4.47. The van der Waals surface area contributed by atoms with E-state index in [0.717, 1.165) is 30.1 Å². The maximum absolute atomic E-state index is 11.1. The molecule has 0 amide bonds. The van der Waals surface area contributed by atoms with Gasteiger partial charge in [0.05, 0.1) is 5.69 Å². The summed E-state index contributed by atoms with van der Waals surface area (Å²) in [5.74, 6) is 0.852. The Hall–Kier alpha value is -0.680. The first-order valence-corrected chi connectivity index (χ1v) is 6.59.